The Balaban J connectivity index is 1.73. The van der Waals surface area contributed by atoms with Crippen molar-refractivity contribution in [2.45, 2.75) is 24.9 Å². The molecule has 1 aliphatic heterocycles. The number of hydroxylamine groups is 1. The van der Waals surface area contributed by atoms with Gasteiger partial charge in [0.15, 0.2) is 5.41 Å². The summed E-state index contributed by atoms with van der Waals surface area (Å²) < 4.78 is 52.0. The first-order valence-electron chi connectivity index (χ1n) is 8.94. The maximum atomic E-state index is 14.0. The number of carbonyl (C=O) groups is 1. The van der Waals surface area contributed by atoms with Crippen LogP contribution in [0.3, 0.4) is 0 Å². The predicted octanol–water partition coefficient (Wildman–Crippen LogP) is 2.32. The number of pyridine rings is 1. The third-order valence-electron chi connectivity index (χ3n) is 4.52. The number of hydrogen-bond acceptors (Lipinski definition) is 7. The van der Waals surface area contributed by atoms with Gasteiger partial charge in [-0.1, -0.05) is 11.2 Å². The topological polar surface area (TPSA) is 103 Å². The summed E-state index contributed by atoms with van der Waals surface area (Å²) in [5, 5.41) is 3.63. The van der Waals surface area contributed by atoms with Gasteiger partial charge in [-0.3, -0.25) is 9.82 Å². The van der Waals surface area contributed by atoms with Crippen molar-refractivity contribution in [3.05, 3.63) is 30.3 Å². The van der Waals surface area contributed by atoms with Crippen molar-refractivity contribution in [1.82, 2.24) is 25.5 Å². The van der Waals surface area contributed by atoms with Crippen molar-refractivity contribution in [3.8, 4) is 11.5 Å². The Morgan fingerprint density at radius 2 is 2.21 bits per heavy atom. The minimum absolute atomic E-state index is 0.0496. The van der Waals surface area contributed by atoms with Gasteiger partial charge in [0.05, 0.1) is 13.2 Å². The second-order valence-electron chi connectivity index (χ2n) is 6.34. The quantitative estimate of drug-likeness (QED) is 0.547. The molecule has 2 aromatic heterocycles. The molecule has 158 valence electrons. The second-order valence-corrected chi connectivity index (χ2v) is 6.34. The highest BCUT2D eigenvalue weighted by Gasteiger charge is 2.63. The molecule has 3 rings (SSSR count). The zero-order chi connectivity index (χ0) is 20.9. The van der Waals surface area contributed by atoms with E-state index in [9.17, 15) is 18.0 Å². The van der Waals surface area contributed by atoms with Gasteiger partial charge in [-0.25, -0.2) is 10.3 Å². The van der Waals surface area contributed by atoms with Crippen LogP contribution >= 0.6 is 0 Å². The van der Waals surface area contributed by atoms with Crippen molar-refractivity contribution in [3.63, 3.8) is 0 Å². The fourth-order valence-electron chi connectivity index (χ4n) is 2.95. The molecule has 1 N–H and O–H groups in total. The number of urea groups is 1. The van der Waals surface area contributed by atoms with Crippen molar-refractivity contribution >= 4 is 6.03 Å². The lowest BCUT2D eigenvalue weighted by Crippen LogP contribution is -2.47. The van der Waals surface area contributed by atoms with Gasteiger partial charge in [-0.15, -0.1) is 0 Å². The molecule has 1 unspecified atom stereocenters. The Hall–Kier alpha value is -2.73. The number of rotatable bonds is 7. The van der Waals surface area contributed by atoms with E-state index in [4.69, 9.17) is 14.1 Å². The SMILES string of the molecule is CCOCCONC(=O)N1CCC(c2nc(-c3ccccn3)no2)(C(F)(F)F)C1. The minimum Gasteiger partial charge on any atom is -0.379 e. The molecular weight excluding hydrogens is 395 g/mol. The van der Waals surface area contributed by atoms with Crippen LogP contribution in [0.4, 0.5) is 18.0 Å². The highest BCUT2D eigenvalue weighted by molar-refractivity contribution is 5.73. The molecule has 0 aromatic carbocycles. The van der Waals surface area contributed by atoms with Crippen LogP contribution in [-0.2, 0) is 15.0 Å². The highest BCUT2D eigenvalue weighted by Crippen LogP contribution is 2.47. The second kappa shape index (κ2) is 8.74. The Bertz CT molecular complexity index is 817. The molecule has 0 aliphatic carbocycles. The molecule has 12 heteroatoms. The molecule has 0 bridgehead atoms. The van der Waals surface area contributed by atoms with Crippen LogP contribution < -0.4 is 5.48 Å². The molecular formula is C17H20F3N5O4. The summed E-state index contributed by atoms with van der Waals surface area (Å²) in [5.41, 5.74) is -0.0572. The van der Waals surface area contributed by atoms with Gasteiger partial charge in [0.25, 0.3) is 0 Å². The van der Waals surface area contributed by atoms with E-state index in [2.05, 4.69) is 20.6 Å². The van der Waals surface area contributed by atoms with E-state index in [-0.39, 0.29) is 31.3 Å². The molecule has 1 aliphatic rings. The summed E-state index contributed by atoms with van der Waals surface area (Å²) in [5.74, 6) is -0.649. The zero-order valence-corrected chi connectivity index (χ0v) is 15.6. The Labute approximate surface area is 164 Å². The van der Waals surface area contributed by atoms with E-state index >= 15 is 0 Å². The number of carbonyl (C=O) groups excluding carboxylic acids is 1. The molecule has 2 amide bonds. The summed E-state index contributed by atoms with van der Waals surface area (Å²) in [6.07, 6.45) is -3.64. The molecule has 3 heterocycles. The van der Waals surface area contributed by atoms with Crippen LogP contribution in [0.2, 0.25) is 0 Å². The molecule has 9 nitrogen and oxygen atoms in total. The number of amides is 2. The first-order valence-corrected chi connectivity index (χ1v) is 8.94. The standard InChI is InChI=1S/C17H20F3N5O4/c1-2-27-9-10-28-24-15(26)25-8-6-16(11-25,17(18,19)20)14-22-13(23-29-14)12-5-3-4-7-21-12/h3-5,7H,2,6,8-11H2,1H3,(H,24,26). The summed E-state index contributed by atoms with van der Waals surface area (Å²) in [7, 11) is 0. The Kier molecular flexibility index (Phi) is 6.33. The van der Waals surface area contributed by atoms with Gasteiger partial charge in [-0.2, -0.15) is 18.2 Å². The number of aromatic nitrogens is 3. The summed E-state index contributed by atoms with van der Waals surface area (Å²) in [6.45, 7) is 1.80. The van der Waals surface area contributed by atoms with Crippen molar-refractivity contribution in [2.75, 3.05) is 32.9 Å². The first kappa shape index (κ1) is 21.0. The smallest absolute Gasteiger partial charge is 0.379 e. The summed E-state index contributed by atoms with van der Waals surface area (Å²) >= 11 is 0. The van der Waals surface area contributed by atoms with Crippen molar-refractivity contribution in [1.29, 1.82) is 0 Å². The molecule has 29 heavy (non-hydrogen) atoms. The zero-order valence-electron chi connectivity index (χ0n) is 15.6. The number of alkyl halides is 3. The first-order chi connectivity index (χ1) is 13.9. The van der Waals surface area contributed by atoms with Crippen LogP contribution in [0.5, 0.6) is 0 Å². The molecule has 1 fully saturated rings. The van der Waals surface area contributed by atoms with E-state index in [1.54, 1.807) is 25.1 Å². The maximum Gasteiger partial charge on any atom is 0.405 e. The lowest BCUT2D eigenvalue weighted by atomic mass is 9.86. The van der Waals surface area contributed by atoms with Crippen LogP contribution in [-0.4, -0.2) is 65.1 Å². The van der Waals surface area contributed by atoms with Crippen LogP contribution in [0, 0.1) is 0 Å². The number of nitrogens with zero attached hydrogens (tertiary/aromatic N) is 4. The minimum atomic E-state index is -4.70. The van der Waals surface area contributed by atoms with Crippen molar-refractivity contribution < 1.29 is 32.1 Å². The summed E-state index contributed by atoms with van der Waals surface area (Å²) in [4.78, 5) is 26.0. The lowest BCUT2D eigenvalue weighted by molar-refractivity contribution is -0.193. The van der Waals surface area contributed by atoms with Gasteiger partial charge in [0.1, 0.15) is 5.69 Å². The number of nitrogens with one attached hydrogen (secondary N) is 1. The molecule has 0 radical (unpaired) electrons. The van der Waals surface area contributed by atoms with Gasteiger partial charge >= 0.3 is 12.2 Å². The number of ether oxygens (including phenoxy) is 1. The number of hydrogen-bond donors (Lipinski definition) is 1. The normalized spacial score (nSPS) is 19.5. The fraction of sp³-hybridized carbons (Fsp3) is 0.529. The number of likely N-dealkylation sites (tertiary alicyclic amines) is 1. The van der Waals surface area contributed by atoms with Crippen LogP contribution in [0.15, 0.2) is 28.9 Å². The monoisotopic (exact) mass is 415 g/mol. The Morgan fingerprint density at radius 3 is 2.90 bits per heavy atom. The van der Waals surface area contributed by atoms with E-state index in [1.807, 2.05) is 0 Å². The van der Waals surface area contributed by atoms with Crippen LogP contribution in [0.1, 0.15) is 19.2 Å². The van der Waals surface area contributed by atoms with E-state index in [0.717, 1.165) is 4.90 Å². The maximum absolute atomic E-state index is 14.0. The lowest BCUT2D eigenvalue weighted by Gasteiger charge is -2.27. The fourth-order valence-corrected chi connectivity index (χ4v) is 2.95. The van der Waals surface area contributed by atoms with Gasteiger partial charge in [0, 0.05) is 25.9 Å². The van der Waals surface area contributed by atoms with E-state index in [0.29, 0.717) is 6.61 Å². The molecule has 0 spiro atoms. The molecule has 0 saturated carbocycles. The average Bonchev–Trinajstić information content (AvgIpc) is 3.36. The van der Waals surface area contributed by atoms with Crippen LogP contribution in [0.25, 0.3) is 11.5 Å². The molecule has 1 saturated heterocycles. The Morgan fingerprint density at radius 1 is 1.38 bits per heavy atom. The van der Waals surface area contributed by atoms with Crippen molar-refractivity contribution in [2.24, 2.45) is 0 Å². The largest absolute Gasteiger partial charge is 0.405 e. The van der Waals surface area contributed by atoms with E-state index < -0.39 is 36.5 Å². The highest BCUT2D eigenvalue weighted by atomic mass is 19.4. The summed E-state index contributed by atoms with van der Waals surface area (Å²) in [6, 6.07) is 4.09. The molecule has 2 aromatic rings. The van der Waals surface area contributed by atoms with Gasteiger partial charge in [0.2, 0.25) is 11.7 Å². The van der Waals surface area contributed by atoms with E-state index in [1.165, 1.54) is 6.20 Å². The average molecular weight is 415 g/mol. The molecule has 1 atom stereocenters. The van der Waals surface area contributed by atoms with Gasteiger partial charge < -0.3 is 14.2 Å². The third-order valence-corrected chi connectivity index (χ3v) is 4.52. The predicted molar refractivity (Wildman–Crippen MR) is 92.4 cm³/mol. The third kappa shape index (κ3) is 4.48. The number of halogens is 3. The van der Waals surface area contributed by atoms with Gasteiger partial charge in [-0.05, 0) is 25.5 Å².